The van der Waals surface area contributed by atoms with Crippen LogP contribution < -0.4 is 4.74 Å². The summed E-state index contributed by atoms with van der Waals surface area (Å²) in [5.41, 5.74) is 0.738. The summed E-state index contributed by atoms with van der Waals surface area (Å²) in [5.74, 6) is 1.12. The maximum atomic E-state index is 11.2. The Kier molecular flexibility index (Phi) is 3.28. The standard InChI is InChI=1S/C18H11N3O3/c22-21(23)15-6-7-16(13-8-10-19-11-14(13)15)24-17-5-1-3-12-4-2-9-20-18(12)17/h1-11H. The van der Waals surface area contributed by atoms with E-state index in [1.165, 1.54) is 12.3 Å². The van der Waals surface area contributed by atoms with Gasteiger partial charge in [0.25, 0.3) is 5.69 Å². The van der Waals surface area contributed by atoms with Crippen molar-refractivity contribution in [3.8, 4) is 11.5 Å². The summed E-state index contributed by atoms with van der Waals surface area (Å²) >= 11 is 0. The zero-order valence-electron chi connectivity index (χ0n) is 12.4. The summed E-state index contributed by atoms with van der Waals surface area (Å²) < 4.78 is 6.03. The zero-order chi connectivity index (χ0) is 16.5. The minimum absolute atomic E-state index is 0.00138. The van der Waals surface area contributed by atoms with Gasteiger partial charge >= 0.3 is 0 Å². The van der Waals surface area contributed by atoms with Gasteiger partial charge in [-0.25, -0.2) is 0 Å². The molecule has 2 aromatic heterocycles. The topological polar surface area (TPSA) is 78.2 Å². The second kappa shape index (κ2) is 5.58. The molecule has 6 heteroatoms. The molecule has 0 N–H and O–H groups in total. The van der Waals surface area contributed by atoms with Crippen LogP contribution in [-0.4, -0.2) is 14.9 Å². The molecule has 0 aliphatic heterocycles. The molecule has 6 nitrogen and oxygen atoms in total. The molecule has 0 spiro atoms. The van der Waals surface area contributed by atoms with Gasteiger partial charge in [-0.05, 0) is 24.3 Å². The maximum Gasteiger partial charge on any atom is 0.279 e. The highest BCUT2D eigenvalue weighted by molar-refractivity contribution is 5.95. The summed E-state index contributed by atoms with van der Waals surface area (Å²) in [7, 11) is 0. The predicted molar refractivity (Wildman–Crippen MR) is 90.2 cm³/mol. The van der Waals surface area contributed by atoms with Gasteiger partial charge in [0.1, 0.15) is 11.3 Å². The van der Waals surface area contributed by atoms with Crippen molar-refractivity contribution >= 4 is 27.4 Å². The molecule has 0 atom stereocenters. The number of hydrogen-bond donors (Lipinski definition) is 0. The molecular weight excluding hydrogens is 306 g/mol. The first-order chi connectivity index (χ1) is 11.7. The predicted octanol–water partition coefficient (Wildman–Crippen LogP) is 4.48. The second-order valence-electron chi connectivity index (χ2n) is 5.19. The molecule has 4 rings (SSSR count). The number of fused-ring (bicyclic) bond motifs is 2. The SMILES string of the molecule is O=[N+]([O-])c1ccc(Oc2cccc3cccnc23)c2ccncc12. The van der Waals surface area contributed by atoms with E-state index in [4.69, 9.17) is 4.74 Å². The van der Waals surface area contributed by atoms with Crippen molar-refractivity contribution in [3.63, 3.8) is 0 Å². The van der Waals surface area contributed by atoms with Crippen molar-refractivity contribution in [1.29, 1.82) is 0 Å². The largest absolute Gasteiger partial charge is 0.454 e. The van der Waals surface area contributed by atoms with Gasteiger partial charge in [-0.2, -0.15) is 0 Å². The lowest BCUT2D eigenvalue weighted by Crippen LogP contribution is -1.93. The third kappa shape index (κ3) is 2.30. The zero-order valence-corrected chi connectivity index (χ0v) is 12.4. The van der Waals surface area contributed by atoms with Crippen molar-refractivity contribution in [2.45, 2.75) is 0 Å². The minimum atomic E-state index is -0.423. The molecule has 0 saturated heterocycles. The van der Waals surface area contributed by atoms with Crippen LogP contribution in [0.2, 0.25) is 0 Å². The van der Waals surface area contributed by atoms with Gasteiger partial charge in [-0.1, -0.05) is 18.2 Å². The fourth-order valence-corrected chi connectivity index (χ4v) is 2.67. The van der Waals surface area contributed by atoms with Crippen LogP contribution in [0.5, 0.6) is 11.5 Å². The molecule has 2 aromatic carbocycles. The quantitative estimate of drug-likeness (QED) is 0.411. The first kappa shape index (κ1) is 14.1. The molecule has 2 heterocycles. The molecule has 0 unspecified atom stereocenters. The van der Waals surface area contributed by atoms with Gasteiger partial charge in [0.2, 0.25) is 0 Å². The Labute approximate surface area is 136 Å². The number of rotatable bonds is 3. The summed E-state index contributed by atoms with van der Waals surface area (Å²) in [6.07, 6.45) is 4.76. The normalized spacial score (nSPS) is 10.8. The van der Waals surface area contributed by atoms with E-state index in [1.807, 2.05) is 30.3 Å². The van der Waals surface area contributed by atoms with Crippen LogP contribution in [0.25, 0.3) is 21.7 Å². The highest BCUT2D eigenvalue weighted by atomic mass is 16.6. The molecule has 4 aromatic rings. The summed E-state index contributed by atoms with van der Waals surface area (Å²) in [6.45, 7) is 0. The molecule has 0 amide bonds. The van der Waals surface area contributed by atoms with E-state index in [2.05, 4.69) is 9.97 Å². The Balaban J connectivity index is 1.88. The molecule has 0 fully saturated rings. The van der Waals surface area contributed by atoms with E-state index in [0.717, 1.165) is 10.9 Å². The van der Waals surface area contributed by atoms with E-state index >= 15 is 0 Å². The first-order valence-corrected chi connectivity index (χ1v) is 7.27. The number of aromatic nitrogens is 2. The lowest BCUT2D eigenvalue weighted by molar-refractivity contribution is -0.383. The number of non-ortho nitro benzene ring substituents is 1. The lowest BCUT2D eigenvalue weighted by Gasteiger charge is -2.10. The summed E-state index contributed by atoms with van der Waals surface area (Å²) in [6, 6.07) is 14.2. The minimum Gasteiger partial charge on any atom is -0.454 e. The Hall–Kier alpha value is -3.54. The van der Waals surface area contributed by atoms with Gasteiger partial charge in [0.05, 0.1) is 10.3 Å². The van der Waals surface area contributed by atoms with E-state index in [1.54, 1.807) is 24.5 Å². The van der Waals surface area contributed by atoms with Crippen molar-refractivity contribution in [3.05, 3.63) is 77.2 Å². The van der Waals surface area contributed by atoms with Gasteiger partial charge in [0.15, 0.2) is 5.75 Å². The first-order valence-electron chi connectivity index (χ1n) is 7.27. The van der Waals surface area contributed by atoms with E-state index in [9.17, 15) is 10.1 Å². The Bertz CT molecular complexity index is 1070. The van der Waals surface area contributed by atoms with Crippen molar-refractivity contribution in [2.24, 2.45) is 0 Å². The molecule has 116 valence electrons. The molecule has 0 bridgehead atoms. The highest BCUT2D eigenvalue weighted by Crippen LogP contribution is 2.36. The third-order valence-corrected chi connectivity index (χ3v) is 3.77. The molecule has 0 aliphatic rings. The molecule has 0 saturated carbocycles. The number of pyridine rings is 2. The van der Waals surface area contributed by atoms with Gasteiger partial charge in [-0.15, -0.1) is 0 Å². The Morgan fingerprint density at radius 2 is 1.79 bits per heavy atom. The maximum absolute atomic E-state index is 11.2. The number of para-hydroxylation sites is 1. The number of nitro benzene ring substituents is 1. The van der Waals surface area contributed by atoms with E-state index in [0.29, 0.717) is 22.3 Å². The van der Waals surface area contributed by atoms with Crippen LogP contribution >= 0.6 is 0 Å². The highest BCUT2D eigenvalue weighted by Gasteiger charge is 2.16. The monoisotopic (exact) mass is 317 g/mol. The van der Waals surface area contributed by atoms with Crippen LogP contribution in [0.3, 0.4) is 0 Å². The lowest BCUT2D eigenvalue weighted by atomic mass is 10.1. The van der Waals surface area contributed by atoms with E-state index < -0.39 is 4.92 Å². The average molecular weight is 317 g/mol. The molecule has 0 aliphatic carbocycles. The van der Waals surface area contributed by atoms with Crippen molar-refractivity contribution in [2.75, 3.05) is 0 Å². The molecule has 24 heavy (non-hydrogen) atoms. The Morgan fingerprint density at radius 1 is 0.917 bits per heavy atom. The fourth-order valence-electron chi connectivity index (χ4n) is 2.67. The van der Waals surface area contributed by atoms with Crippen molar-refractivity contribution < 1.29 is 9.66 Å². The van der Waals surface area contributed by atoms with Gasteiger partial charge < -0.3 is 4.74 Å². The summed E-state index contributed by atoms with van der Waals surface area (Å²) in [4.78, 5) is 19.1. The third-order valence-electron chi connectivity index (χ3n) is 3.77. The van der Waals surface area contributed by atoms with Crippen LogP contribution in [0.15, 0.2) is 67.1 Å². The van der Waals surface area contributed by atoms with Crippen LogP contribution in [0.1, 0.15) is 0 Å². The number of nitrogens with zero attached hydrogens (tertiary/aromatic N) is 3. The molecular formula is C18H11N3O3. The number of nitro groups is 1. The Morgan fingerprint density at radius 3 is 2.67 bits per heavy atom. The fraction of sp³-hybridized carbons (Fsp3) is 0. The van der Waals surface area contributed by atoms with E-state index in [-0.39, 0.29) is 5.69 Å². The van der Waals surface area contributed by atoms with Gasteiger partial charge in [0, 0.05) is 35.4 Å². The van der Waals surface area contributed by atoms with Gasteiger partial charge in [-0.3, -0.25) is 20.1 Å². The number of hydrogen-bond acceptors (Lipinski definition) is 5. The number of benzene rings is 2. The van der Waals surface area contributed by atoms with Crippen LogP contribution in [0.4, 0.5) is 5.69 Å². The second-order valence-corrected chi connectivity index (χ2v) is 5.19. The number of ether oxygens (including phenoxy) is 1. The van der Waals surface area contributed by atoms with Crippen LogP contribution in [0, 0.1) is 10.1 Å². The van der Waals surface area contributed by atoms with Crippen LogP contribution in [-0.2, 0) is 0 Å². The smallest absolute Gasteiger partial charge is 0.279 e. The summed E-state index contributed by atoms with van der Waals surface area (Å²) in [5, 5.41) is 13.2. The molecule has 0 radical (unpaired) electrons. The van der Waals surface area contributed by atoms with Crippen molar-refractivity contribution in [1.82, 2.24) is 9.97 Å². The average Bonchev–Trinajstić information content (AvgIpc) is 2.62.